The molecule has 1 fully saturated rings. The van der Waals surface area contributed by atoms with Gasteiger partial charge in [0.15, 0.2) is 0 Å². The van der Waals surface area contributed by atoms with Crippen LogP contribution in [0.5, 0.6) is 0 Å². The van der Waals surface area contributed by atoms with Crippen molar-refractivity contribution in [3.8, 4) is 0 Å². The highest BCUT2D eigenvalue weighted by atomic mass is 16.4. The van der Waals surface area contributed by atoms with E-state index in [4.69, 9.17) is 0 Å². The summed E-state index contributed by atoms with van der Waals surface area (Å²) in [4.78, 5) is 30.1. The van der Waals surface area contributed by atoms with Crippen LogP contribution >= 0.6 is 0 Å². The number of nitrogens with zero attached hydrogens (tertiary/aromatic N) is 2. The van der Waals surface area contributed by atoms with E-state index in [-0.39, 0.29) is 12.3 Å². The fourth-order valence-corrected chi connectivity index (χ4v) is 3.19. The molecule has 1 aliphatic heterocycles. The Hall–Kier alpha value is -1.91. The lowest BCUT2D eigenvalue weighted by atomic mass is 9.90. The van der Waals surface area contributed by atoms with Crippen molar-refractivity contribution in [2.24, 2.45) is 0 Å². The standard InChI is InChI=1S/C16H22N2O3/c1-3-7-16(15(20)21)8-5-10-18(16)14(19)11-13-12(2)6-4-9-17-13/h4,6,9H,3,5,7-8,10-11H2,1-2H3,(H,20,21). The van der Waals surface area contributed by atoms with Crippen molar-refractivity contribution < 1.29 is 14.7 Å². The van der Waals surface area contributed by atoms with Gasteiger partial charge in [0.05, 0.1) is 12.1 Å². The number of carboxylic acid groups (broad SMARTS) is 1. The van der Waals surface area contributed by atoms with E-state index in [2.05, 4.69) is 4.98 Å². The number of aliphatic carboxylic acids is 1. The summed E-state index contributed by atoms with van der Waals surface area (Å²) in [5, 5.41) is 9.63. The van der Waals surface area contributed by atoms with Gasteiger partial charge in [-0.25, -0.2) is 4.79 Å². The average Bonchev–Trinajstić information content (AvgIpc) is 2.87. The number of rotatable bonds is 5. The second-order valence-corrected chi connectivity index (χ2v) is 5.68. The van der Waals surface area contributed by atoms with Crippen LogP contribution in [0.1, 0.15) is 43.9 Å². The van der Waals surface area contributed by atoms with Crippen molar-refractivity contribution in [3.63, 3.8) is 0 Å². The molecule has 1 unspecified atom stereocenters. The van der Waals surface area contributed by atoms with Crippen LogP contribution < -0.4 is 0 Å². The molecule has 1 aliphatic rings. The molecule has 1 atom stereocenters. The van der Waals surface area contributed by atoms with Crippen LogP contribution in [-0.4, -0.2) is 39.0 Å². The normalized spacial score (nSPS) is 21.5. The second kappa shape index (κ2) is 6.24. The minimum atomic E-state index is -1.02. The molecule has 2 rings (SSSR count). The van der Waals surface area contributed by atoms with Crippen LogP contribution in [0.15, 0.2) is 18.3 Å². The first-order valence-corrected chi connectivity index (χ1v) is 7.45. The van der Waals surface area contributed by atoms with E-state index >= 15 is 0 Å². The van der Waals surface area contributed by atoms with Gasteiger partial charge in [0.25, 0.3) is 0 Å². The van der Waals surface area contributed by atoms with Gasteiger partial charge in [0, 0.05) is 12.7 Å². The monoisotopic (exact) mass is 290 g/mol. The minimum Gasteiger partial charge on any atom is -0.479 e. The topological polar surface area (TPSA) is 70.5 Å². The molecule has 0 aliphatic carbocycles. The van der Waals surface area contributed by atoms with Crippen LogP contribution in [0.25, 0.3) is 0 Å². The summed E-state index contributed by atoms with van der Waals surface area (Å²) >= 11 is 0. The minimum absolute atomic E-state index is 0.134. The maximum absolute atomic E-state index is 12.6. The molecule has 1 saturated heterocycles. The number of carbonyl (C=O) groups excluding carboxylic acids is 1. The Morgan fingerprint density at radius 2 is 2.24 bits per heavy atom. The highest BCUT2D eigenvalue weighted by Gasteiger charge is 2.48. The summed E-state index contributed by atoms with van der Waals surface area (Å²) in [6, 6.07) is 3.74. The Morgan fingerprint density at radius 1 is 1.48 bits per heavy atom. The molecule has 0 radical (unpaired) electrons. The highest BCUT2D eigenvalue weighted by Crippen LogP contribution is 2.34. The zero-order chi connectivity index (χ0) is 15.5. The Bertz CT molecular complexity index is 544. The number of aryl methyl sites for hydroxylation is 1. The summed E-state index contributed by atoms with van der Waals surface area (Å²) in [5.41, 5.74) is 0.667. The first-order chi connectivity index (χ1) is 10.0. The van der Waals surface area contributed by atoms with Gasteiger partial charge in [-0.2, -0.15) is 0 Å². The van der Waals surface area contributed by atoms with Crippen molar-refractivity contribution in [1.29, 1.82) is 0 Å². The average molecular weight is 290 g/mol. The summed E-state index contributed by atoms with van der Waals surface area (Å²) < 4.78 is 0. The van der Waals surface area contributed by atoms with E-state index in [1.807, 2.05) is 26.0 Å². The number of amides is 1. The molecule has 0 saturated carbocycles. The zero-order valence-electron chi connectivity index (χ0n) is 12.6. The van der Waals surface area contributed by atoms with Gasteiger partial charge < -0.3 is 10.0 Å². The van der Waals surface area contributed by atoms with Gasteiger partial charge in [-0.05, 0) is 37.8 Å². The van der Waals surface area contributed by atoms with Gasteiger partial charge in [-0.15, -0.1) is 0 Å². The van der Waals surface area contributed by atoms with Crippen molar-refractivity contribution >= 4 is 11.9 Å². The van der Waals surface area contributed by atoms with Crippen LogP contribution in [0, 0.1) is 6.92 Å². The largest absolute Gasteiger partial charge is 0.479 e. The maximum atomic E-state index is 12.6. The summed E-state index contributed by atoms with van der Waals surface area (Å²) in [7, 11) is 0. The molecule has 1 aromatic heterocycles. The molecule has 5 heteroatoms. The molecule has 0 aromatic carbocycles. The molecule has 0 spiro atoms. The Morgan fingerprint density at radius 3 is 2.86 bits per heavy atom. The molecule has 1 N–H and O–H groups in total. The van der Waals surface area contributed by atoms with E-state index < -0.39 is 11.5 Å². The van der Waals surface area contributed by atoms with E-state index in [0.717, 1.165) is 24.1 Å². The summed E-state index contributed by atoms with van der Waals surface area (Å²) in [5.74, 6) is -1.02. The lowest BCUT2D eigenvalue weighted by Crippen LogP contribution is -2.53. The first kappa shape index (κ1) is 15.5. The molecule has 1 amide bonds. The zero-order valence-corrected chi connectivity index (χ0v) is 12.6. The third kappa shape index (κ3) is 2.91. The Kier molecular flexibility index (Phi) is 4.60. The molecular formula is C16H22N2O3. The first-order valence-electron chi connectivity index (χ1n) is 7.45. The van der Waals surface area contributed by atoms with Crippen molar-refractivity contribution in [1.82, 2.24) is 9.88 Å². The predicted molar refractivity (Wildman–Crippen MR) is 78.9 cm³/mol. The molecule has 5 nitrogen and oxygen atoms in total. The summed E-state index contributed by atoms with van der Waals surface area (Å²) in [6.45, 7) is 4.39. The fraction of sp³-hybridized carbons (Fsp3) is 0.562. The number of pyridine rings is 1. The van der Waals surface area contributed by atoms with E-state index in [0.29, 0.717) is 19.4 Å². The third-order valence-electron chi connectivity index (χ3n) is 4.29. The van der Waals surface area contributed by atoms with E-state index in [1.165, 1.54) is 0 Å². The van der Waals surface area contributed by atoms with E-state index in [1.54, 1.807) is 11.1 Å². The van der Waals surface area contributed by atoms with Crippen molar-refractivity contribution in [2.75, 3.05) is 6.54 Å². The highest BCUT2D eigenvalue weighted by molar-refractivity contribution is 5.88. The van der Waals surface area contributed by atoms with Crippen LogP contribution in [0.2, 0.25) is 0 Å². The van der Waals surface area contributed by atoms with Crippen molar-refractivity contribution in [2.45, 2.75) is 51.5 Å². The molecule has 2 heterocycles. The van der Waals surface area contributed by atoms with Gasteiger partial charge in [-0.1, -0.05) is 19.4 Å². The molecule has 114 valence electrons. The van der Waals surface area contributed by atoms with Crippen LogP contribution in [0.4, 0.5) is 0 Å². The quantitative estimate of drug-likeness (QED) is 0.902. The van der Waals surface area contributed by atoms with Gasteiger partial charge in [0.1, 0.15) is 5.54 Å². The number of aromatic nitrogens is 1. The van der Waals surface area contributed by atoms with Crippen LogP contribution in [0.3, 0.4) is 0 Å². The number of carbonyl (C=O) groups is 2. The second-order valence-electron chi connectivity index (χ2n) is 5.68. The molecule has 0 bridgehead atoms. The smallest absolute Gasteiger partial charge is 0.329 e. The number of likely N-dealkylation sites (tertiary alicyclic amines) is 1. The van der Waals surface area contributed by atoms with E-state index in [9.17, 15) is 14.7 Å². The number of hydrogen-bond donors (Lipinski definition) is 1. The van der Waals surface area contributed by atoms with Crippen LogP contribution in [-0.2, 0) is 16.0 Å². The molecule has 21 heavy (non-hydrogen) atoms. The lowest BCUT2D eigenvalue weighted by molar-refractivity contribution is -0.157. The van der Waals surface area contributed by atoms with Gasteiger partial charge >= 0.3 is 5.97 Å². The molecule has 1 aromatic rings. The summed E-state index contributed by atoms with van der Waals surface area (Å²) in [6.07, 6.45) is 4.39. The Balaban J connectivity index is 2.21. The fourth-order valence-electron chi connectivity index (χ4n) is 3.19. The third-order valence-corrected chi connectivity index (χ3v) is 4.29. The van der Waals surface area contributed by atoms with Crippen molar-refractivity contribution in [3.05, 3.63) is 29.6 Å². The lowest BCUT2D eigenvalue weighted by Gasteiger charge is -2.34. The Labute approximate surface area is 125 Å². The SMILES string of the molecule is CCCC1(C(=O)O)CCCN1C(=O)Cc1ncccc1C. The molecular weight excluding hydrogens is 268 g/mol. The predicted octanol–water partition coefficient (Wildman–Crippen LogP) is 2.18. The maximum Gasteiger partial charge on any atom is 0.329 e. The number of carboxylic acids is 1. The number of hydrogen-bond acceptors (Lipinski definition) is 3. The van der Waals surface area contributed by atoms with Gasteiger partial charge in [-0.3, -0.25) is 9.78 Å². The van der Waals surface area contributed by atoms with Gasteiger partial charge in [0.2, 0.25) is 5.91 Å².